The Morgan fingerprint density at radius 2 is 0.873 bits per heavy atom. The van der Waals surface area contributed by atoms with Gasteiger partial charge in [0.2, 0.25) is 5.91 Å². The van der Waals surface area contributed by atoms with Crippen molar-refractivity contribution in [2.24, 2.45) is 0 Å². The largest absolute Gasteiger partial charge is 0.462 e. The number of hydrogen-bond donors (Lipinski definition) is 3. The molecule has 0 aromatic carbocycles. The molecule has 55 heavy (non-hydrogen) atoms. The number of aliphatic hydroxyl groups is 2. The summed E-state index contributed by atoms with van der Waals surface area (Å²) in [4.78, 5) is 26.0. The van der Waals surface area contributed by atoms with Gasteiger partial charge in [0.15, 0.2) is 0 Å². The van der Waals surface area contributed by atoms with E-state index in [2.05, 4.69) is 38.2 Å². The lowest BCUT2D eigenvalue weighted by atomic mass is 10.0. The lowest BCUT2D eigenvalue weighted by Gasteiger charge is -2.24. The highest BCUT2D eigenvalue weighted by molar-refractivity contribution is 5.77. The zero-order chi connectivity index (χ0) is 40.3. The maximum absolute atomic E-state index is 13.1. The van der Waals surface area contributed by atoms with Crippen LogP contribution in [-0.4, -0.2) is 46.9 Å². The van der Waals surface area contributed by atoms with Crippen LogP contribution in [0.4, 0.5) is 0 Å². The standard InChI is InChI=1S/C49H95NO5/c1-4-7-10-13-16-19-22-24-27-30-33-36-39-42-49(54)55-45(40-37-34-31-28-26-23-20-17-14-11-8-5-2)43-48(53)50-46(44-51)47(52)41-38-35-32-29-25-21-18-15-12-9-6-3/h24,27,45-47,51-52H,4-23,25-26,28-44H2,1-3H3,(H,50,53)/b27-24-. The van der Waals surface area contributed by atoms with Crippen molar-refractivity contribution in [2.45, 2.75) is 283 Å². The van der Waals surface area contributed by atoms with E-state index >= 15 is 0 Å². The van der Waals surface area contributed by atoms with Gasteiger partial charge in [0, 0.05) is 6.42 Å². The van der Waals surface area contributed by atoms with Crippen LogP contribution in [0.3, 0.4) is 0 Å². The first-order valence-corrected chi connectivity index (χ1v) is 24.4. The monoisotopic (exact) mass is 778 g/mol. The fourth-order valence-corrected chi connectivity index (χ4v) is 7.60. The quantitative estimate of drug-likeness (QED) is 0.0325. The van der Waals surface area contributed by atoms with Crippen LogP contribution in [0.15, 0.2) is 12.2 Å². The molecule has 0 saturated carbocycles. The Bertz CT molecular complexity index is 832. The van der Waals surface area contributed by atoms with E-state index in [0.717, 1.165) is 51.4 Å². The summed E-state index contributed by atoms with van der Waals surface area (Å²) in [5.74, 6) is -0.480. The van der Waals surface area contributed by atoms with Crippen LogP contribution in [0.5, 0.6) is 0 Å². The topological polar surface area (TPSA) is 95.9 Å². The molecule has 0 fully saturated rings. The van der Waals surface area contributed by atoms with Gasteiger partial charge in [-0.2, -0.15) is 0 Å². The first-order valence-electron chi connectivity index (χ1n) is 24.4. The summed E-state index contributed by atoms with van der Waals surface area (Å²) < 4.78 is 5.91. The molecule has 0 aliphatic heterocycles. The molecule has 0 aliphatic rings. The van der Waals surface area contributed by atoms with Crippen LogP contribution in [0.1, 0.15) is 265 Å². The summed E-state index contributed by atoms with van der Waals surface area (Å²) in [6, 6.07) is -0.696. The third-order valence-electron chi connectivity index (χ3n) is 11.3. The lowest BCUT2D eigenvalue weighted by molar-refractivity contribution is -0.151. The van der Waals surface area contributed by atoms with Crippen molar-refractivity contribution in [2.75, 3.05) is 6.61 Å². The Hall–Kier alpha value is -1.40. The van der Waals surface area contributed by atoms with Gasteiger partial charge in [0.05, 0.1) is 25.2 Å². The number of unbranched alkanes of at least 4 members (excludes halogenated alkanes) is 30. The predicted octanol–water partition coefficient (Wildman–Crippen LogP) is 14.2. The SMILES string of the molecule is CCCCCCCC/C=C\CCCCCC(=O)OC(CCCCCCCCCCCCCC)CC(=O)NC(CO)C(O)CCCCCCCCCCCCC. The molecule has 0 aromatic heterocycles. The number of carbonyl (C=O) groups excluding carboxylic acids is 2. The van der Waals surface area contributed by atoms with Crippen LogP contribution < -0.4 is 5.32 Å². The maximum atomic E-state index is 13.1. The third-order valence-corrected chi connectivity index (χ3v) is 11.3. The number of nitrogens with one attached hydrogen (secondary N) is 1. The van der Waals surface area contributed by atoms with Crippen molar-refractivity contribution < 1.29 is 24.5 Å². The van der Waals surface area contributed by atoms with Crippen LogP contribution in [0.25, 0.3) is 0 Å². The van der Waals surface area contributed by atoms with Crippen LogP contribution in [0, 0.1) is 0 Å². The van der Waals surface area contributed by atoms with E-state index < -0.39 is 18.2 Å². The minimum absolute atomic E-state index is 0.0782. The smallest absolute Gasteiger partial charge is 0.306 e. The summed E-state index contributed by atoms with van der Waals surface area (Å²) in [5.41, 5.74) is 0. The zero-order valence-electron chi connectivity index (χ0n) is 37.1. The summed E-state index contributed by atoms with van der Waals surface area (Å²) in [7, 11) is 0. The first kappa shape index (κ1) is 53.6. The number of allylic oxidation sites excluding steroid dienone is 2. The number of aliphatic hydroxyl groups excluding tert-OH is 2. The Balaban J connectivity index is 4.57. The lowest BCUT2D eigenvalue weighted by Crippen LogP contribution is -2.46. The number of amides is 1. The van der Waals surface area contributed by atoms with Gasteiger partial charge in [0.1, 0.15) is 6.10 Å². The van der Waals surface area contributed by atoms with Gasteiger partial charge in [0.25, 0.3) is 0 Å². The highest BCUT2D eigenvalue weighted by atomic mass is 16.5. The Labute approximate surface area is 342 Å². The number of ether oxygens (including phenoxy) is 1. The molecule has 6 heteroatoms. The van der Waals surface area contributed by atoms with Crippen molar-refractivity contribution >= 4 is 11.9 Å². The fourth-order valence-electron chi connectivity index (χ4n) is 7.60. The van der Waals surface area contributed by atoms with Crippen molar-refractivity contribution in [3.8, 4) is 0 Å². The molecule has 0 bridgehead atoms. The molecule has 0 heterocycles. The van der Waals surface area contributed by atoms with E-state index in [4.69, 9.17) is 4.74 Å². The van der Waals surface area contributed by atoms with Gasteiger partial charge in [-0.1, -0.05) is 213 Å². The van der Waals surface area contributed by atoms with Crippen molar-refractivity contribution in [3.05, 3.63) is 12.2 Å². The summed E-state index contributed by atoms with van der Waals surface area (Å²) in [6.07, 6.45) is 46.9. The maximum Gasteiger partial charge on any atom is 0.306 e. The second-order valence-electron chi connectivity index (χ2n) is 16.9. The Morgan fingerprint density at radius 3 is 1.29 bits per heavy atom. The predicted molar refractivity (Wildman–Crippen MR) is 237 cm³/mol. The molecule has 3 atom stereocenters. The van der Waals surface area contributed by atoms with Gasteiger partial charge in [-0.15, -0.1) is 0 Å². The Kier molecular flexibility index (Phi) is 42.6. The highest BCUT2D eigenvalue weighted by Gasteiger charge is 2.24. The molecule has 0 radical (unpaired) electrons. The summed E-state index contributed by atoms with van der Waals surface area (Å²) in [5, 5.41) is 23.7. The van der Waals surface area contributed by atoms with E-state index in [1.54, 1.807) is 0 Å². The molecule has 0 rings (SSSR count). The van der Waals surface area contributed by atoms with Crippen molar-refractivity contribution in [1.29, 1.82) is 0 Å². The fraction of sp³-hybridized carbons (Fsp3) is 0.918. The van der Waals surface area contributed by atoms with Crippen LogP contribution >= 0.6 is 0 Å². The normalized spacial score (nSPS) is 13.3. The van der Waals surface area contributed by atoms with E-state index in [1.165, 1.54) is 167 Å². The van der Waals surface area contributed by atoms with Gasteiger partial charge >= 0.3 is 5.97 Å². The average molecular weight is 778 g/mol. The van der Waals surface area contributed by atoms with E-state index in [9.17, 15) is 19.8 Å². The van der Waals surface area contributed by atoms with Crippen molar-refractivity contribution in [3.63, 3.8) is 0 Å². The number of rotatable bonds is 44. The van der Waals surface area contributed by atoms with E-state index in [-0.39, 0.29) is 24.9 Å². The molecule has 0 spiro atoms. The van der Waals surface area contributed by atoms with Gasteiger partial charge in [-0.3, -0.25) is 9.59 Å². The minimum Gasteiger partial charge on any atom is -0.462 e. The molecule has 0 aliphatic carbocycles. The van der Waals surface area contributed by atoms with Crippen LogP contribution in [-0.2, 0) is 14.3 Å². The molecule has 0 saturated heterocycles. The summed E-state index contributed by atoms with van der Waals surface area (Å²) >= 11 is 0. The van der Waals surface area contributed by atoms with Gasteiger partial charge in [-0.05, 0) is 51.4 Å². The van der Waals surface area contributed by atoms with Gasteiger partial charge in [-0.25, -0.2) is 0 Å². The Morgan fingerprint density at radius 1 is 0.509 bits per heavy atom. The molecular weight excluding hydrogens is 683 g/mol. The van der Waals surface area contributed by atoms with E-state index in [1.807, 2.05) is 0 Å². The summed E-state index contributed by atoms with van der Waals surface area (Å²) in [6.45, 7) is 6.47. The second-order valence-corrected chi connectivity index (χ2v) is 16.9. The highest BCUT2D eigenvalue weighted by Crippen LogP contribution is 2.18. The van der Waals surface area contributed by atoms with E-state index in [0.29, 0.717) is 19.3 Å². The first-order chi connectivity index (χ1) is 27.0. The molecule has 3 unspecified atom stereocenters. The molecule has 1 amide bonds. The molecule has 6 nitrogen and oxygen atoms in total. The minimum atomic E-state index is -0.782. The number of esters is 1. The van der Waals surface area contributed by atoms with Crippen LogP contribution in [0.2, 0.25) is 0 Å². The second kappa shape index (κ2) is 43.7. The third kappa shape index (κ3) is 39.2. The average Bonchev–Trinajstić information content (AvgIpc) is 3.18. The molecule has 326 valence electrons. The van der Waals surface area contributed by atoms with Gasteiger partial charge < -0.3 is 20.3 Å². The number of carbonyl (C=O) groups is 2. The molecular formula is C49H95NO5. The zero-order valence-corrected chi connectivity index (χ0v) is 37.1. The molecule has 0 aromatic rings. The number of hydrogen-bond acceptors (Lipinski definition) is 5. The van der Waals surface area contributed by atoms with Crippen molar-refractivity contribution in [1.82, 2.24) is 5.32 Å². The molecule has 3 N–H and O–H groups in total.